The summed E-state index contributed by atoms with van der Waals surface area (Å²) in [6.07, 6.45) is 0. The van der Waals surface area contributed by atoms with Gasteiger partial charge in [-0.3, -0.25) is 0 Å². The molecule has 1 N–H and O–H groups in total. The smallest absolute Gasteiger partial charge is 0.164 e. The molecule has 0 spiro atoms. The minimum Gasteiger partial charge on any atom is -0.308 e. The zero-order valence-electron chi connectivity index (χ0n) is 12.0. The fourth-order valence-corrected chi connectivity index (χ4v) is 2.72. The molecule has 5 heteroatoms. The molecule has 1 aromatic heterocycles. The maximum Gasteiger partial charge on any atom is 0.164 e. The highest BCUT2D eigenvalue weighted by atomic mass is 19.1. The van der Waals surface area contributed by atoms with Crippen molar-refractivity contribution >= 4 is 0 Å². The lowest BCUT2D eigenvalue weighted by atomic mass is 10.0. The predicted octanol–water partition coefficient (Wildman–Crippen LogP) is 2.69. The molecular weight excluding hydrogens is 255 g/mol. The number of hydrogen-bond donors (Lipinski definition) is 1. The van der Waals surface area contributed by atoms with Crippen LogP contribution in [0.15, 0.2) is 18.2 Å². The van der Waals surface area contributed by atoms with Crippen molar-refractivity contribution in [1.29, 1.82) is 0 Å². The van der Waals surface area contributed by atoms with Crippen molar-refractivity contribution in [3.63, 3.8) is 0 Å². The van der Waals surface area contributed by atoms with E-state index >= 15 is 0 Å². The number of aryl methyl sites for hydroxylation is 1. The maximum absolute atomic E-state index is 13.4. The average molecular weight is 274 g/mol. The summed E-state index contributed by atoms with van der Waals surface area (Å²) in [4.78, 5) is 0. The topological polar surface area (TPSA) is 42.7 Å². The lowest BCUT2D eigenvalue weighted by Crippen LogP contribution is -2.36. The molecule has 0 radical (unpaired) electrons. The van der Waals surface area contributed by atoms with Crippen molar-refractivity contribution in [3.05, 3.63) is 35.4 Å². The van der Waals surface area contributed by atoms with Gasteiger partial charge in [-0.15, -0.1) is 10.2 Å². The van der Waals surface area contributed by atoms with Crippen molar-refractivity contribution < 1.29 is 4.39 Å². The predicted molar refractivity (Wildman–Crippen MR) is 75.7 cm³/mol. The van der Waals surface area contributed by atoms with E-state index in [-0.39, 0.29) is 11.9 Å². The highest BCUT2D eigenvalue weighted by molar-refractivity contribution is 5.57. The minimum absolute atomic E-state index is 0.186. The first kappa shape index (κ1) is 13.2. The van der Waals surface area contributed by atoms with Crippen LogP contribution in [0.4, 0.5) is 4.39 Å². The third-order valence-corrected chi connectivity index (χ3v) is 3.84. The molecule has 106 valence electrons. The molecule has 0 amide bonds. The van der Waals surface area contributed by atoms with E-state index in [2.05, 4.69) is 33.9 Å². The quantitative estimate of drug-likeness (QED) is 0.915. The van der Waals surface area contributed by atoms with E-state index in [0.717, 1.165) is 30.3 Å². The van der Waals surface area contributed by atoms with Gasteiger partial charge >= 0.3 is 0 Å². The fraction of sp³-hybridized carbons (Fsp3) is 0.467. The molecule has 1 atom stereocenters. The van der Waals surface area contributed by atoms with Gasteiger partial charge in [-0.1, -0.05) is 13.8 Å². The van der Waals surface area contributed by atoms with E-state index in [0.29, 0.717) is 11.5 Å². The minimum atomic E-state index is -0.186. The molecule has 20 heavy (non-hydrogen) atoms. The summed E-state index contributed by atoms with van der Waals surface area (Å²) < 4.78 is 15.5. The van der Waals surface area contributed by atoms with Crippen molar-refractivity contribution in [2.75, 3.05) is 6.54 Å². The first-order valence-corrected chi connectivity index (χ1v) is 7.01. The van der Waals surface area contributed by atoms with Crippen LogP contribution >= 0.6 is 0 Å². The third-order valence-electron chi connectivity index (χ3n) is 3.84. The molecule has 4 nitrogen and oxygen atoms in total. The van der Waals surface area contributed by atoms with Crippen LogP contribution in [-0.4, -0.2) is 21.3 Å². The SMILES string of the molecule is Cc1cc(-c2nnc3n2CCNC3C(C)C)ccc1F. The Bertz CT molecular complexity index is 633. The van der Waals surface area contributed by atoms with Crippen molar-refractivity contribution in [2.45, 2.75) is 33.4 Å². The summed E-state index contributed by atoms with van der Waals surface area (Å²) in [6, 6.07) is 5.32. The molecule has 3 rings (SSSR count). The Morgan fingerprint density at radius 3 is 2.85 bits per heavy atom. The number of nitrogens with one attached hydrogen (secondary N) is 1. The number of rotatable bonds is 2. The van der Waals surface area contributed by atoms with Crippen LogP contribution in [0, 0.1) is 18.7 Å². The average Bonchev–Trinajstić information content (AvgIpc) is 2.85. The molecule has 1 aromatic carbocycles. The van der Waals surface area contributed by atoms with E-state index in [9.17, 15) is 4.39 Å². The van der Waals surface area contributed by atoms with Gasteiger partial charge in [-0.05, 0) is 36.6 Å². The highest BCUT2D eigenvalue weighted by Crippen LogP contribution is 2.28. The van der Waals surface area contributed by atoms with Crippen molar-refractivity contribution in [3.8, 4) is 11.4 Å². The molecule has 0 aliphatic carbocycles. The Morgan fingerprint density at radius 2 is 2.15 bits per heavy atom. The molecule has 0 saturated heterocycles. The second kappa shape index (κ2) is 4.98. The summed E-state index contributed by atoms with van der Waals surface area (Å²) in [5.41, 5.74) is 1.56. The van der Waals surface area contributed by atoms with Gasteiger partial charge in [0.1, 0.15) is 5.82 Å². The summed E-state index contributed by atoms with van der Waals surface area (Å²) in [5, 5.41) is 12.1. The third kappa shape index (κ3) is 2.12. The van der Waals surface area contributed by atoms with Gasteiger partial charge in [-0.25, -0.2) is 4.39 Å². The monoisotopic (exact) mass is 274 g/mol. The van der Waals surface area contributed by atoms with Crippen LogP contribution in [-0.2, 0) is 6.54 Å². The first-order valence-electron chi connectivity index (χ1n) is 7.01. The van der Waals surface area contributed by atoms with Crippen LogP contribution in [0.3, 0.4) is 0 Å². The fourth-order valence-electron chi connectivity index (χ4n) is 2.72. The second-order valence-electron chi connectivity index (χ2n) is 5.67. The Kier molecular flexibility index (Phi) is 3.30. The number of halogens is 1. The molecule has 0 fully saturated rings. The van der Waals surface area contributed by atoms with Gasteiger partial charge in [-0.2, -0.15) is 0 Å². The lowest BCUT2D eigenvalue weighted by Gasteiger charge is -2.27. The normalized spacial score (nSPS) is 18.4. The summed E-state index contributed by atoms with van der Waals surface area (Å²) in [5.74, 6) is 2.08. The van der Waals surface area contributed by atoms with Gasteiger partial charge in [0.25, 0.3) is 0 Å². The van der Waals surface area contributed by atoms with E-state index in [4.69, 9.17) is 0 Å². The van der Waals surface area contributed by atoms with E-state index in [1.807, 2.05) is 6.07 Å². The summed E-state index contributed by atoms with van der Waals surface area (Å²) in [7, 11) is 0. The number of benzene rings is 1. The van der Waals surface area contributed by atoms with Crippen LogP contribution in [0.2, 0.25) is 0 Å². The first-order chi connectivity index (χ1) is 9.58. The van der Waals surface area contributed by atoms with Crippen molar-refractivity contribution in [2.24, 2.45) is 5.92 Å². The lowest BCUT2D eigenvalue weighted by molar-refractivity contribution is 0.339. The molecule has 2 heterocycles. The van der Waals surface area contributed by atoms with Gasteiger partial charge < -0.3 is 9.88 Å². The Morgan fingerprint density at radius 1 is 1.35 bits per heavy atom. The number of aromatic nitrogens is 3. The van der Waals surface area contributed by atoms with Gasteiger partial charge in [0, 0.05) is 18.7 Å². The van der Waals surface area contributed by atoms with Gasteiger partial charge in [0.15, 0.2) is 11.6 Å². The molecule has 2 aromatic rings. The van der Waals surface area contributed by atoms with Crippen LogP contribution < -0.4 is 5.32 Å². The van der Waals surface area contributed by atoms with Gasteiger partial charge in [0.05, 0.1) is 6.04 Å². The van der Waals surface area contributed by atoms with Crippen LogP contribution in [0.5, 0.6) is 0 Å². The van der Waals surface area contributed by atoms with Crippen LogP contribution in [0.1, 0.15) is 31.3 Å². The van der Waals surface area contributed by atoms with Crippen molar-refractivity contribution in [1.82, 2.24) is 20.1 Å². The number of hydrogen-bond acceptors (Lipinski definition) is 3. The number of nitrogens with zero attached hydrogens (tertiary/aromatic N) is 3. The summed E-state index contributed by atoms with van der Waals surface area (Å²) >= 11 is 0. The van der Waals surface area contributed by atoms with Gasteiger partial charge in [0.2, 0.25) is 0 Å². The number of fused-ring (bicyclic) bond motifs is 1. The Balaban J connectivity index is 2.06. The van der Waals surface area contributed by atoms with E-state index in [1.54, 1.807) is 13.0 Å². The van der Waals surface area contributed by atoms with Crippen LogP contribution in [0.25, 0.3) is 11.4 Å². The maximum atomic E-state index is 13.4. The zero-order valence-corrected chi connectivity index (χ0v) is 12.0. The molecule has 1 unspecified atom stereocenters. The molecule has 0 saturated carbocycles. The van der Waals surface area contributed by atoms with E-state index < -0.39 is 0 Å². The summed E-state index contributed by atoms with van der Waals surface area (Å²) in [6.45, 7) is 7.86. The molecule has 1 aliphatic rings. The molecule has 0 bridgehead atoms. The Hall–Kier alpha value is -1.75. The zero-order chi connectivity index (χ0) is 14.3. The second-order valence-corrected chi connectivity index (χ2v) is 5.67. The highest BCUT2D eigenvalue weighted by Gasteiger charge is 2.27. The molecule has 1 aliphatic heterocycles. The Labute approximate surface area is 118 Å². The van der Waals surface area contributed by atoms with E-state index in [1.165, 1.54) is 6.07 Å². The standard InChI is InChI=1S/C15H19FN4/c1-9(2)13-15-19-18-14(20(15)7-6-17-13)11-4-5-12(16)10(3)8-11/h4-5,8-9,13,17H,6-7H2,1-3H3. The largest absolute Gasteiger partial charge is 0.308 e. The molecular formula is C15H19FN4.